The van der Waals surface area contributed by atoms with Crippen LogP contribution in [-0.4, -0.2) is 29.7 Å². The number of hydrogen-bond acceptors (Lipinski definition) is 2. The Morgan fingerprint density at radius 1 is 1.12 bits per heavy atom. The second kappa shape index (κ2) is 8.43. The van der Waals surface area contributed by atoms with Crippen LogP contribution in [0.3, 0.4) is 0 Å². The lowest BCUT2D eigenvalue weighted by Gasteiger charge is -2.26. The fourth-order valence-electron chi connectivity index (χ4n) is 1.54. The number of ether oxygens (including phenoxy) is 1. The summed E-state index contributed by atoms with van der Waals surface area (Å²) in [4.78, 5) is 13.6. The zero-order valence-electron chi connectivity index (χ0n) is 11.5. The lowest BCUT2D eigenvalue weighted by Crippen LogP contribution is -2.39. The van der Waals surface area contributed by atoms with E-state index in [-0.39, 0.29) is 18.2 Å². The molecule has 0 fully saturated rings. The first-order chi connectivity index (χ1) is 7.49. The van der Waals surface area contributed by atoms with Crippen LogP contribution in [0.4, 0.5) is 4.79 Å². The van der Waals surface area contributed by atoms with E-state index in [2.05, 4.69) is 6.92 Å². The molecule has 0 aliphatic carbocycles. The quantitative estimate of drug-likeness (QED) is 0.621. The van der Waals surface area contributed by atoms with Crippen molar-refractivity contribution in [2.24, 2.45) is 0 Å². The second-order valence-corrected chi connectivity index (χ2v) is 4.78. The maximum Gasteiger partial charge on any atom is 0.410 e. The molecule has 3 nitrogen and oxygen atoms in total. The van der Waals surface area contributed by atoms with E-state index in [1.807, 2.05) is 32.6 Å². The highest BCUT2D eigenvalue weighted by molar-refractivity contribution is 5.68. The van der Waals surface area contributed by atoms with Gasteiger partial charge < -0.3 is 9.64 Å². The lowest BCUT2D eigenvalue weighted by molar-refractivity contribution is 0.0672. The van der Waals surface area contributed by atoms with E-state index in [1.165, 1.54) is 19.3 Å². The summed E-state index contributed by atoms with van der Waals surface area (Å²) in [6.45, 7) is 10.8. The monoisotopic (exact) mass is 229 g/mol. The molecule has 0 saturated heterocycles. The van der Waals surface area contributed by atoms with E-state index >= 15 is 0 Å². The molecule has 0 aromatic rings. The van der Waals surface area contributed by atoms with Crippen molar-refractivity contribution in [3.05, 3.63) is 0 Å². The minimum atomic E-state index is -0.179. The van der Waals surface area contributed by atoms with Crippen LogP contribution in [0.5, 0.6) is 0 Å². The van der Waals surface area contributed by atoms with E-state index in [1.54, 1.807) is 0 Å². The minimum Gasteiger partial charge on any atom is -0.447 e. The molecule has 0 rings (SSSR count). The Labute approximate surface area is 100 Å². The number of carbonyl (C=O) groups is 1. The number of carbonyl (C=O) groups excluding carboxylic acids is 1. The average Bonchev–Trinajstić information content (AvgIpc) is 2.15. The Hall–Kier alpha value is -0.730. The van der Waals surface area contributed by atoms with E-state index < -0.39 is 0 Å². The molecule has 0 atom stereocenters. The van der Waals surface area contributed by atoms with Gasteiger partial charge >= 0.3 is 6.09 Å². The molecule has 0 saturated carbocycles. The average molecular weight is 229 g/mol. The Morgan fingerprint density at radius 2 is 1.75 bits per heavy atom. The largest absolute Gasteiger partial charge is 0.447 e. The predicted octanol–water partition coefficient (Wildman–Crippen LogP) is 3.82. The molecule has 16 heavy (non-hydrogen) atoms. The third-order valence-corrected chi connectivity index (χ3v) is 2.45. The van der Waals surface area contributed by atoms with Gasteiger partial charge in [-0.2, -0.15) is 0 Å². The predicted molar refractivity (Wildman–Crippen MR) is 67.6 cm³/mol. The zero-order chi connectivity index (χ0) is 12.6. The molecular formula is C13H27NO2. The molecule has 0 bridgehead atoms. The van der Waals surface area contributed by atoms with Gasteiger partial charge in [0.15, 0.2) is 0 Å². The second-order valence-electron chi connectivity index (χ2n) is 4.78. The number of rotatable bonds is 7. The maximum absolute atomic E-state index is 11.8. The molecule has 0 unspecified atom stereocenters. The summed E-state index contributed by atoms with van der Waals surface area (Å²) in [5.74, 6) is 0. The van der Waals surface area contributed by atoms with Gasteiger partial charge in [0.2, 0.25) is 0 Å². The van der Waals surface area contributed by atoms with Gasteiger partial charge in [-0.15, -0.1) is 0 Å². The van der Waals surface area contributed by atoms with Gasteiger partial charge in [0.25, 0.3) is 0 Å². The molecule has 96 valence electrons. The van der Waals surface area contributed by atoms with Crippen molar-refractivity contribution in [1.29, 1.82) is 0 Å². The van der Waals surface area contributed by atoms with Gasteiger partial charge in [-0.1, -0.05) is 26.2 Å². The molecule has 0 aromatic carbocycles. The van der Waals surface area contributed by atoms with Crippen molar-refractivity contribution in [2.45, 2.75) is 72.4 Å². The van der Waals surface area contributed by atoms with Gasteiger partial charge in [0, 0.05) is 12.6 Å². The van der Waals surface area contributed by atoms with E-state index in [4.69, 9.17) is 4.74 Å². The third-order valence-electron chi connectivity index (χ3n) is 2.45. The molecule has 3 heteroatoms. The van der Waals surface area contributed by atoms with Gasteiger partial charge in [-0.3, -0.25) is 0 Å². The smallest absolute Gasteiger partial charge is 0.410 e. The van der Waals surface area contributed by atoms with Crippen LogP contribution < -0.4 is 0 Å². The summed E-state index contributed by atoms with van der Waals surface area (Å²) in [7, 11) is 0. The highest BCUT2D eigenvalue weighted by atomic mass is 16.6. The molecule has 0 spiro atoms. The van der Waals surface area contributed by atoms with Gasteiger partial charge in [0.05, 0.1) is 6.10 Å². The third kappa shape index (κ3) is 6.70. The summed E-state index contributed by atoms with van der Waals surface area (Å²) < 4.78 is 5.22. The summed E-state index contributed by atoms with van der Waals surface area (Å²) in [5.41, 5.74) is 0. The van der Waals surface area contributed by atoms with Crippen LogP contribution in [0.2, 0.25) is 0 Å². The number of nitrogens with zero attached hydrogens (tertiary/aromatic N) is 1. The van der Waals surface area contributed by atoms with Gasteiger partial charge in [-0.05, 0) is 34.1 Å². The maximum atomic E-state index is 11.8. The number of amides is 1. The minimum absolute atomic E-state index is 0.0376. The van der Waals surface area contributed by atoms with Crippen molar-refractivity contribution in [1.82, 2.24) is 4.90 Å². The molecule has 0 aromatic heterocycles. The fourth-order valence-corrected chi connectivity index (χ4v) is 1.54. The molecule has 0 aliphatic rings. The van der Waals surface area contributed by atoms with E-state index in [9.17, 15) is 4.79 Å². The van der Waals surface area contributed by atoms with Crippen LogP contribution >= 0.6 is 0 Å². The fraction of sp³-hybridized carbons (Fsp3) is 0.923. The van der Waals surface area contributed by atoms with Crippen LogP contribution in [0.25, 0.3) is 0 Å². The topological polar surface area (TPSA) is 29.5 Å². The molecule has 0 radical (unpaired) electrons. The molecule has 1 amide bonds. The number of unbranched alkanes of at least 4 members (excludes halogenated alkanes) is 3. The Morgan fingerprint density at radius 3 is 2.19 bits per heavy atom. The van der Waals surface area contributed by atoms with Crippen LogP contribution in [0.15, 0.2) is 0 Å². The van der Waals surface area contributed by atoms with E-state index in [0.717, 1.165) is 13.0 Å². The van der Waals surface area contributed by atoms with Crippen LogP contribution in [0, 0.1) is 0 Å². The van der Waals surface area contributed by atoms with Crippen molar-refractivity contribution in [3.8, 4) is 0 Å². The van der Waals surface area contributed by atoms with Crippen LogP contribution in [-0.2, 0) is 4.74 Å². The highest BCUT2D eigenvalue weighted by Crippen LogP contribution is 2.08. The van der Waals surface area contributed by atoms with Crippen molar-refractivity contribution >= 4 is 6.09 Å². The first kappa shape index (κ1) is 15.3. The molecular weight excluding hydrogens is 202 g/mol. The molecule has 0 heterocycles. The summed E-state index contributed by atoms with van der Waals surface area (Å²) >= 11 is 0. The number of hydrogen-bond donors (Lipinski definition) is 0. The van der Waals surface area contributed by atoms with Crippen molar-refractivity contribution in [2.75, 3.05) is 6.54 Å². The Balaban J connectivity index is 4.01. The Kier molecular flexibility index (Phi) is 8.04. The van der Waals surface area contributed by atoms with Crippen molar-refractivity contribution in [3.63, 3.8) is 0 Å². The normalized spacial score (nSPS) is 10.9. The SMILES string of the molecule is CCCCCCN(C(=O)OC(C)C)C(C)C. The standard InChI is InChI=1S/C13H27NO2/c1-6-7-8-9-10-14(11(2)3)13(15)16-12(4)5/h11-12H,6-10H2,1-5H3. The van der Waals surface area contributed by atoms with Gasteiger partial charge in [0.1, 0.15) is 0 Å². The summed E-state index contributed by atoms with van der Waals surface area (Å²) in [5, 5.41) is 0. The van der Waals surface area contributed by atoms with Gasteiger partial charge in [-0.25, -0.2) is 4.79 Å². The first-order valence-electron chi connectivity index (χ1n) is 6.46. The Bertz CT molecular complexity index is 190. The van der Waals surface area contributed by atoms with Crippen LogP contribution in [0.1, 0.15) is 60.3 Å². The van der Waals surface area contributed by atoms with E-state index in [0.29, 0.717) is 0 Å². The zero-order valence-corrected chi connectivity index (χ0v) is 11.5. The van der Waals surface area contributed by atoms with Crippen molar-refractivity contribution < 1.29 is 9.53 Å². The molecule has 0 aliphatic heterocycles. The highest BCUT2D eigenvalue weighted by Gasteiger charge is 2.18. The summed E-state index contributed by atoms with van der Waals surface area (Å²) in [6, 6.07) is 0.216. The summed E-state index contributed by atoms with van der Waals surface area (Å²) in [6.07, 6.45) is 4.50. The lowest BCUT2D eigenvalue weighted by atomic mass is 10.2. The first-order valence-corrected chi connectivity index (χ1v) is 6.46. The molecule has 0 N–H and O–H groups in total.